The molecule has 0 spiro atoms. The van der Waals surface area contributed by atoms with Crippen molar-refractivity contribution in [1.29, 1.82) is 0 Å². The summed E-state index contributed by atoms with van der Waals surface area (Å²) in [5.41, 5.74) is 0.373. The van der Waals surface area contributed by atoms with Crippen LogP contribution >= 0.6 is 15.9 Å². The summed E-state index contributed by atoms with van der Waals surface area (Å²) in [6, 6.07) is 7.68. The Morgan fingerprint density at radius 1 is 1.33 bits per heavy atom. The van der Waals surface area contributed by atoms with Gasteiger partial charge in [0.15, 0.2) is 0 Å². The molecule has 4 nitrogen and oxygen atoms in total. The van der Waals surface area contributed by atoms with Crippen LogP contribution in [-0.2, 0) is 14.3 Å². The van der Waals surface area contributed by atoms with Crippen molar-refractivity contribution >= 4 is 27.8 Å². The third-order valence-corrected chi connectivity index (χ3v) is 5.54. The number of amides is 1. The zero-order valence-corrected chi connectivity index (χ0v) is 16.2. The zero-order valence-electron chi connectivity index (χ0n) is 14.6. The van der Waals surface area contributed by atoms with Crippen LogP contribution in [0.3, 0.4) is 0 Å². The maximum absolute atomic E-state index is 12.8. The first-order valence-electron chi connectivity index (χ1n) is 8.65. The molecule has 0 aliphatic heterocycles. The molecule has 1 fully saturated rings. The highest BCUT2D eigenvalue weighted by Gasteiger charge is 2.47. The van der Waals surface area contributed by atoms with Gasteiger partial charge in [0, 0.05) is 10.5 Å². The number of hydrogen-bond acceptors (Lipinski definition) is 3. The van der Waals surface area contributed by atoms with Crippen LogP contribution in [-0.4, -0.2) is 24.5 Å². The molecule has 1 aromatic carbocycles. The van der Waals surface area contributed by atoms with Gasteiger partial charge in [-0.25, -0.2) is 0 Å². The van der Waals surface area contributed by atoms with E-state index >= 15 is 0 Å². The average Bonchev–Trinajstić information content (AvgIpc) is 2.92. The van der Waals surface area contributed by atoms with Gasteiger partial charge in [0.25, 0.3) is 0 Å². The van der Waals surface area contributed by atoms with Gasteiger partial charge in [-0.15, -0.1) is 0 Å². The Kier molecular flexibility index (Phi) is 6.44. The Morgan fingerprint density at radius 3 is 2.58 bits per heavy atom. The molecule has 0 saturated heterocycles. The summed E-state index contributed by atoms with van der Waals surface area (Å²) in [4.78, 5) is 25.1. The molecule has 1 N–H and O–H groups in total. The number of esters is 1. The van der Waals surface area contributed by atoms with E-state index in [1.165, 1.54) is 0 Å². The molecule has 1 aliphatic carbocycles. The quantitative estimate of drug-likeness (QED) is 0.734. The number of hydrogen-bond donors (Lipinski definition) is 1. The van der Waals surface area contributed by atoms with E-state index in [1.54, 1.807) is 0 Å². The molecule has 2 rings (SSSR count). The van der Waals surface area contributed by atoms with Gasteiger partial charge in [0.05, 0.1) is 17.9 Å². The number of nitrogens with one attached hydrogen (secondary N) is 1. The topological polar surface area (TPSA) is 55.4 Å². The maximum Gasteiger partial charge on any atom is 0.313 e. The zero-order chi connectivity index (χ0) is 17.7. The van der Waals surface area contributed by atoms with Crippen molar-refractivity contribution in [3.63, 3.8) is 0 Å². The van der Waals surface area contributed by atoms with Crippen LogP contribution < -0.4 is 5.32 Å². The van der Waals surface area contributed by atoms with E-state index in [1.807, 2.05) is 45.0 Å². The molecule has 0 aromatic heterocycles. The molecule has 0 heterocycles. The molecule has 1 aromatic rings. The molecule has 132 valence electrons. The first-order valence-corrected chi connectivity index (χ1v) is 9.44. The first-order chi connectivity index (χ1) is 11.4. The lowest BCUT2D eigenvalue weighted by Crippen LogP contribution is -2.49. The Balaban J connectivity index is 2.11. The average molecular weight is 396 g/mol. The molecule has 3 unspecified atom stereocenters. The second-order valence-corrected chi connectivity index (χ2v) is 7.52. The monoisotopic (exact) mass is 395 g/mol. The van der Waals surface area contributed by atoms with Crippen molar-refractivity contribution in [3.8, 4) is 0 Å². The van der Waals surface area contributed by atoms with Crippen LogP contribution in [0.15, 0.2) is 28.7 Å². The fourth-order valence-corrected chi connectivity index (χ4v) is 3.74. The van der Waals surface area contributed by atoms with Gasteiger partial charge in [0.2, 0.25) is 5.91 Å². The van der Waals surface area contributed by atoms with E-state index in [4.69, 9.17) is 4.74 Å². The van der Waals surface area contributed by atoms with E-state index in [0.717, 1.165) is 35.7 Å². The summed E-state index contributed by atoms with van der Waals surface area (Å²) in [6.07, 6.45) is 3.22. The van der Waals surface area contributed by atoms with Crippen molar-refractivity contribution in [2.45, 2.75) is 58.4 Å². The fourth-order valence-electron chi connectivity index (χ4n) is 3.48. The smallest absolute Gasteiger partial charge is 0.313 e. The number of ether oxygens (including phenoxy) is 1. The van der Waals surface area contributed by atoms with E-state index in [0.29, 0.717) is 6.61 Å². The SMILES string of the molecule is CCOC(=O)C1(C)CCCC1NC(=O)C(CC)c1ccc(Br)cc1. The summed E-state index contributed by atoms with van der Waals surface area (Å²) >= 11 is 3.42. The van der Waals surface area contributed by atoms with Crippen molar-refractivity contribution in [1.82, 2.24) is 5.32 Å². The standard InChI is InChI=1S/C19H26BrNO3/c1-4-15(13-8-10-14(20)11-9-13)17(22)21-16-7-6-12-19(16,3)18(23)24-5-2/h8-11,15-16H,4-7,12H2,1-3H3,(H,21,22). The molecular weight excluding hydrogens is 370 g/mol. The van der Waals surface area contributed by atoms with E-state index in [2.05, 4.69) is 21.2 Å². The third kappa shape index (κ3) is 4.00. The van der Waals surface area contributed by atoms with Crippen LogP contribution in [0, 0.1) is 5.41 Å². The van der Waals surface area contributed by atoms with Crippen molar-refractivity contribution in [3.05, 3.63) is 34.3 Å². The summed E-state index contributed by atoms with van der Waals surface area (Å²) < 4.78 is 6.22. The van der Waals surface area contributed by atoms with Gasteiger partial charge in [-0.3, -0.25) is 9.59 Å². The predicted octanol–water partition coefficient (Wildman–Crippen LogP) is 4.18. The van der Waals surface area contributed by atoms with Gasteiger partial charge >= 0.3 is 5.97 Å². The molecular formula is C19H26BrNO3. The highest BCUT2D eigenvalue weighted by Crippen LogP contribution is 2.39. The highest BCUT2D eigenvalue weighted by atomic mass is 79.9. The van der Waals surface area contributed by atoms with E-state index in [9.17, 15) is 9.59 Å². The maximum atomic E-state index is 12.8. The van der Waals surface area contributed by atoms with Gasteiger partial charge in [-0.2, -0.15) is 0 Å². The number of rotatable bonds is 6. The molecule has 0 radical (unpaired) electrons. The van der Waals surface area contributed by atoms with Gasteiger partial charge in [-0.1, -0.05) is 41.4 Å². The summed E-state index contributed by atoms with van der Waals surface area (Å²) in [5.74, 6) is -0.420. The molecule has 24 heavy (non-hydrogen) atoms. The third-order valence-electron chi connectivity index (χ3n) is 5.01. The molecule has 0 bridgehead atoms. The van der Waals surface area contributed by atoms with E-state index in [-0.39, 0.29) is 23.8 Å². The second kappa shape index (κ2) is 8.15. The predicted molar refractivity (Wildman–Crippen MR) is 97.7 cm³/mol. The lowest BCUT2D eigenvalue weighted by Gasteiger charge is -2.31. The minimum Gasteiger partial charge on any atom is -0.466 e. The summed E-state index contributed by atoms with van der Waals surface area (Å²) in [7, 11) is 0. The molecule has 1 saturated carbocycles. The fraction of sp³-hybridized carbons (Fsp3) is 0.579. The van der Waals surface area contributed by atoms with Crippen LogP contribution in [0.25, 0.3) is 0 Å². The van der Waals surface area contributed by atoms with Gasteiger partial charge in [0.1, 0.15) is 0 Å². The minimum atomic E-state index is -0.621. The summed E-state index contributed by atoms with van der Waals surface area (Å²) in [6.45, 7) is 6.09. The van der Waals surface area contributed by atoms with Crippen molar-refractivity contribution in [2.24, 2.45) is 5.41 Å². The van der Waals surface area contributed by atoms with Crippen LogP contribution in [0.5, 0.6) is 0 Å². The van der Waals surface area contributed by atoms with E-state index < -0.39 is 5.41 Å². The number of benzene rings is 1. The molecule has 1 amide bonds. The van der Waals surface area contributed by atoms with Gasteiger partial charge in [-0.05, 0) is 50.8 Å². The van der Waals surface area contributed by atoms with Crippen LogP contribution in [0.1, 0.15) is 57.9 Å². The first kappa shape index (κ1) is 19.0. The lowest BCUT2D eigenvalue weighted by molar-refractivity contribution is -0.155. The largest absolute Gasteiger partial charge is 0.466 e. The van der Waals surface area contributed by atoms with Gasteiger partial charge < -0.3 is 10.1 Å². The Hall–Kier alpha value is -1.36. The lowest BCUT2D eigenvalue weighted by atomic mass is 9.84. The van der Waals surface area contributed by atoms with Crippen LogP contribution in [0.4, 0.5) is 0 Å². The minimum absolute atomic E-state index is 0.0118. The Bertz CT molecular complexity index is 587. The number of carbonyl (C=O) groups excluding carboxylic acids is 2. The number of carbonyl (C=O) groups is 2. The normalized spacial score (nSPS) is 24.4. The van der Waals surface area contributed by atoms with Crippen LogP contribution in [0.2, 0.25) is 0 Å². The molecule has 1 aliphatic rings. The second-order valence-electron chi connectivity index (χ2n) is 6.60. The van der Waals surface area contributed by atoms with Crippen molar-refractivity contribution in [2.75, 3.05) is 6.61 Å². The molecule has 3 atom stereocenters. The summed E-state index contributed by atoms with van der Waals surface area (Å²) in [5, 5.41) is 3.12. The number of halogens is 1. The molecule has 5 heteroatoms. The Labute approximate surface area is 152 Å². The van der Waals surface area contributed by atoms with Crippen molar-refractivity contribution < 1.29 is 14.3 Å². The highest BCUT2D eigenvalue weighted by molar-refractivity contribution is 9.10. The Morgan fingerprint density at radius 2 is 2.00 bits per heavy atom.